The Hall–Kier alpha value is -3.10. The molecule has 2 aromatic heterocycles. The van der Waals surface area contributed by atoms with E-state index in [1.165, 1.54) is 10.8 Å². The molecule has 0 aromatic carbocycles. The summed E-state index contributed by atoms with van der Waals surface area (Å²) >= 11 is 0. The van der Waals surface area contributed by atoms with E-state index in [1.54, 1.807) is 34.6 Å². The van der Waals surface area contributed by atoms with Gasteiger partial charge in [-0.2, -0.15) is 0 Å². The summed E-state index contributed by atoms with van der Waals surface area (Å²) in [5, 5.41) is -0.157. The van der Waals surface area contributed by atoms with Gasteiger partial charge in [-0.25, -0.2) is 14.2 Å². The lowest BCUT2D eigenvalue weighted by Gasteiger charge is -2.23. The smallest absolute Gasteiger partial charge is 0.343 e. The molecule has 0 amide bonds. The summed E-state index contributed by atoms with van der Waals surface area (Å²) < 4.78 is 26.5. The van der Waals surface area contributed by atoms with E-state index in [0.717, 1.165) is 13.0 Å². The normalized spacial score (nSPS) is 12.5. The number of rotatable bonds is 6. The van der Waals surface area contributed by atoms with Gasteiger partial charge in [-0.3, -0.25) is 14.4 Å². The monoisotopic (exact) mass is 420 g/mol. The van der Waals surface area contributed by atoms with Gasteiger partial charge in [0, 0.05) is 12.7 Å². The molecule has 2 heterocycles. The van der Waals surface area contributed by atoms with Gasteiger partial charge >= 0.3 is 11.9 Å². The second-order valence-corrected chi connectivity index (χ2v) is 7.68. The molecular formula is C21H25FN2O6. The molecule has 2 rings (SSSR count). The van der Waals surface area contributed by atoms with Gasteiger partial charge in [-0.1, -0.05) is 0 Å². The first-order valence-electron chi connectivity index (χ1n) is 9.55. The number of carbonyl (C=O) groups is 3. The fraction of sp³-hybridized carbons (Fsp3) is 0.476. The zero-order valence-corrected chi connectivity index (χ0v) is 17.9. The van der Waals surface area contributed by atoms with Crippen LogP contribution in [0.5, 0.6) is 0 Å². The lowest BCUT2D eigenvalue weighted by Crippen LogP contribution is -2.32. The number of fused-ring (bicyclic) bond motifs is 1. The van der Waals surface area contributed by atoms with Crippen LogP contribution in [0.2, 0.25) is 0 Å². The minimum absolute atomic E-state index is 0.0433. The third kappa shape index (κ3) is 4.72. The van der Waals surface area contributed by atoms with E-state index in [0.29, 0.717) is 6.54 Å². The molecule has 0 N–H and O–H groups in total. The number of Topliss-reactive ketones (excluding diaryl/α,β-unsaturated/α-hetero) is 1. The molecule has 30 heavy (non-hydrogen) atoms. The predicted molar refractivity (Wildman–Crippen MR) is 107 cm³/mol. The fourth-order valence-corrected chi connectivity index (χ4v) is 2.93. The Bertz CT molecular complexity index is 1070. The Labute approximate surface area is 173 Å². The van der Waals surface area contributed by atoms with Crippen molar-refractivity contribution >= 4 is 28.8 Å². The van der Waals surface area contributed by atoms with Crippen LogP contribution >= 0.6 is 0 Å². The molecule has 0 saturated heterocycles. The maximum absolute atomic E-state index is 14.9. The van der Waals surface area contributed by atoms with Crippen LogP contribution in [0.4, 0.5) is 4.39 Å². The SMILES string of the molecule is CCOC(=O)c1cn(CC)c2nc(C(C(C)=O)C(=O)OC(C)(C)C)c(F)cc2c1=O. The summed E-state index contributed by atoms with van der Waals surface area (Å²) in [4.78, 5) is 53.7. The Balaban J connectivity index is 2.75. The quantitative estimate of drug-likeness (QED) is 0.523. The number of nitrogens with zero attached hydrogens (tertiary/aromatic N) is 2. The summed E-state index contributed by atoms with van der Waals surface area (Å²) in [6.07, 6.45) is 1.27. The Kier molecular flexibility index (Phi) is 6.74. The molecule has 0 aliphatic rings. The zero-order valence-electron chi connectivity index (χ0n) is 17.9. The fourth-order valence-electron chi connectivity index (χ4n) is 2.93. The Morgan fingerprint density at radius 1 is 1.23 bits per heavy atom. The number of esters is 2. The molecule has 1 atom stereocenters. The molecule has 8 nitrogen and oxygen atoms in total. The molecule has 0 aliphatic carbocycles. The van der Waals surface area contributed by atoms with Crippen LogP contribution < -0.4 is 5.43 Å². The lowest BCUT2D eigenvalue weighted by molar-refractivity contribution is -0.158. The van der Waals surface area contributed by atoms with E-state index in [4.69, 9.17) is 9.47 Å². The highest BCUT2D eigenvalue weighted by atomic mass is 19.1. The number of halogens is 1. The van der Waals surface area contributed by atoms with Crippen molar-refractivity contribution in [1.29, 1.82) is 0 Å². The first-order chi connectivity index (χ1) is 13.9. The van der Waals surface area contributed by atoms with Gasteiger partial charge < -0.3 is 14.0 Å². The summed E-state index contributed by atoms with van der Waals surface area (Å²) in [5.74, 6) is -5.02. The Morgan fingerprint density at radius 2 is 1.87 bits per heavy atom. The van der Waals surface area contributed by atoms with Crippen LogP contribution in [0.3, 0.4) is 0 Å². The number of aryl methyl sites for hydroxylation is 1. The maximum Gasteiger partial charge on any atom is 0.343 e. The zero-order chi connectivity index (χ0) is 22.8. The number of pyridine rings is 2. The van der Waals surface area contributed by atoms with Crippen LogP contribution in [0.15, 0.2) is 17.1 Å². The van der Waals surface area contributed by atoms with Crippen LogP contribution in [0.25, 0.3) is 11.0 Å². The number of carbonyl (C=O) groups excluding carboxylic acids is 3. The van der Waals surface area contributed by atoms with Gasteiger partial charge in [0.2, 0.25) is 5.43 Å². The van der Waals surface area contributed by atoms with Crippen molar-refractivity contribution in [2.75, 3.05) is 6.61 Å². The number of aromatic nitrogens is 2. The molecule has 0 saturated carbocycles. The molecule has 0 spiro atoms. The van der Waals surface area contributed by atoms with Gasteiger partial charge in [0.15, 0.2) is 5.92 Å². The van der Waals surface area contributed by atoms with Gasteiger partial charge in [-0.15, -0.1) is 0 Å². The first-order valence-corrected chi connectivity index (χ1v) is 9.55. The molecule has 2 aromatic rings. The molecular weight excluding hydrogens is 395 g/mol. The van der Waals surface area contributed by atoms with Crippen LogP contribution in [0.1, 0.15) is 63.5 Å². The highest BCUT2D eigenvalue weighted by Crippen LogP contribution is 2.25. The second kappa shape index (κ2) is 8.73. The summed E-state index contributed by atoms with van der Waals surface area (Å²) in [6.45, 7) is 9.70. The predicted octanol–water partition coefficient (Wildman–Crippen LogP) is 2.75. The molecule has 0 bridgehead atoms. The highest BCUT2D eigenvalue weighted by molar-refractivity contribution is 6.03. The van der Waals surface area contributed by atoms with E-state index < -0.39 is 46.2 Å². The van der Waals surface area contributed by atoms with Crippen LogP contribution in [0, 0.1) is 5.82 Å². The van der Waals surface area contributed by atoms with Crippen molar-refractivity contribution in [2.45, 2.75) is 59.6 Å². The topological polar surface area (TPSA) is 105 Å². The molecule has 0 aliphatic heterocycles. The van der Waals surface area contributed by atoms with Gasteiger partial charge in [0.25, 0.3) is 0 Å². The third-order valence-corrected chi connectivity index (χ3v) is 4.19. The van der Waals surface area contributed by atoms with Crippen molar-refractivity contribution in [2.24, 2.45) is 0 Å². The third-order valence-electron chi connectivity index (χ3n) is 4.19. The van der Waals surface area contributed by atoms with E-state index in [9.17, 15) is 23.6 Å². The van der Waals surface area contributed by atoms with Gasteiger partial charge in [-0.05, 0) is 47.6 Å². The summed E-state index contributed by atoms with van der Waals surface area (Å²) in [7, 11) is 0. The second-order valence-electron chi connectivity index (χ2n) is 7.68. The standard InChI is InChI=1S/C21H25FN2O6/c1-7-24-10-13(19(27)29-8-2)17(26)12-9-14(22)16(23-18(12)24)15(11(3)25)20(28)30-21(4,5)6/h9-10,15H,7-8H2,1-6H3. The van der Waals surface area contributed by atoms with Gasteiger partial charge in [0.05, 0.1) is 12.0 Å². The molecule has 0 radical (unpaired) electrons. The largest absolute Gasteiger partial charge is 0.462 e. The highest BCUT2D eigenvalue weighted by Gasteiger charge is 2.34. The minimum atomic E-state index is -1.58. The minimum Gasteiger partial charge on any atom is -0.462 e. The van der Waals surface area contributed by atoms with E-state index in [1.807, 2.05) is 0 Å². The van der Waals surface area contributed by atoms with E-state index in [-0.39, 0.29) is 23.2 Å². The van der Waals surface area contributed by atoms with Crippen molar-refractivity contribution in [3.8, 4) is 0 Å². The number of hydrogen-bond acceptors (Lipinski definition) is 7. The molecule has 162 valence electrons. The molecule has 1 unspecified atom stereocenters. The number of hydrogen-bond donors (Lipinski definition) is 0. The summed E-state index contributed by atoms with van der Waals surface area (Å²) in [5.41, 5.74) is -2.28. The van der Waals surface area contributed by atoms with Gasteiger partial charge in [0.1, 0.15) is 34.1 Å². The average Bonchev–Trinajstić information content (AvgIpc) is 2.61. The molecule has 9 heteroatoms. The van der Waals surface area contributed by atoms with Crippen molar-refractivity contribution in [1.82, 2.24) is 9.55 Å². The summed E-state index contributed by atoms with van der Waals surface area (Å²) in [6, 6.07) is 0.884. The lowest BCUT2D eigenvalue weighted by atomic mass is 9.98. The van der Waals surface area contributed by atoms with E-state index in [2.05, 4.69) is 4.98 Å². The first kappa shape index (κ1) is 23.2. The van der Waals surface area contributed by atoms with Crippen molar-refractivity contribution < 1.29 is 28.2 Å². The van der Waals surface area contributed by atoms with Crippen LogP contribution in [-0.2, 0) is 25.6 Å². The van der Waals surface area contributed by atoms with Crippen molar-refractivity contribution in [3.63, 3.8) is 0 Å². The number of ketones is 1. The average molecular weight is 420 g/mol. The maximum atomic E-state index is 14.9. The molecule has 0 fully saturated rings. The van der Waals surface area contributed by atoms with E-state index >= 15 is 0 Å². The number of ether oxygens (including phenoxy) is 2. The Morgan fingerprint density at radius 3 is 2.37 bits per heavy atom. The van der Waals surface area contributed by atoms with Crippen molar-refractivity contribution in [3.05, 3.63) is 39.6 Å². The van der Waals surface area contributed by atoms with Crippen LogP contribution in [-0.4, -0.2) is 39.5 Å².